The first kappa shape index (κ1) is 31.4. The van der Waals surface area contributed by atoms with Crippen molar-refractivity contribution in [3.8, 4) is 0 Å². The van der Waals surface area contributed by atoms with E-state index in [0.29, 0.717) is 6.42 Å². The van der Waals surface area contributed by atoms with E-state index >= 15 is 0 Å². The highest BCUT2D eigenvalue weighted by atomic mass is 35.6. The van der Waals surface area contributed by atoms with Crippen LogP contribution in [0.5, 0.6) is 0 Å². The normalized spacial score (nSPS) is 12.5. The molecule has 0 spiro atoms. The van der Waals surface area contributed by atoms with Gasteiger partial charge in [-0.05, 0) is 31.9 Å². The minimum atomic E-state index is -1.65. The van der Waals surface area contributed by atoms with Gasteiger partial charge >= 0.3 is 0 Å². The maximum atomic E-state index is 12.4. The number of carbonyl (C=O) groups excluding carboxylic acids is 1. The number of aryl methyl sites for hydroxylation is 2. The van der Waals surface area contributed by atoms with E-state index in [1.807, 2.05) is 26.0 Å². The highest BCUT2D eigenvalue weighted by Crippen LogP contribution is 2.32. The van der Waals surface area contributed by atoms with Crippen molar-refractivity contribution in [2.24, 2.45) is 0 Å². The molecule has 1 atom stereocenters. The topological polar surface area (TPSA) is 41.1 Å². The van der Waals surface area contributed by atoms with Gasteiger partial charge in [0.15, 0.2) is 0 Å². The lowest BCUT2D eigenvalue weighted by molar-refractivity contribution is -0.121. The zero-order valence-electron chi connectivity index (χ0n) is 21.7. The molecule has 0 aromatic heterocycles. The molecule has 0 fully saturated rings. The summed E-state index contributed by atoms with van der Waals surface area (Å²) in [4.78, 5) is 12.4. The molecule has 1 aromatic carbocycles. The predicted octanol–water partition coefficient (Wildman–Crippen LogP) is 9.79. The Kier molecular flexibility index (Phi) is 17.2. The van der Waals surface area contributed by atoms with Gasteiger partial charge in [-0.25, -0.2) is 0 Å². The lowest BCUT2D eigenvalue weighted by atomic mass is 10.0. The Morgan fingerprint density at radius 1 is 0.794 bits per heavy atom. The highest BCUT2D eigenvalue weighted by molar-refractivity contribution is 6.68. The summed E-state index contributed by atoms with van der Waals surface area (Å²) in [7, 11) is 0. The van der Waals surface area contributed by atoms with Crippen LogP contribution in [0.3, 0.4) is 0 Å². The van der Waals surface area contributed by atoms with Crippen molar-refractivity contribution in [2.75, 3.05) is 5.32 Å². The Morgan fingerprint density at radius 3 is 1.71 bits per heavy atom. The Morgan fingerprint density at radius 2 is 1.26 bits per heavy atom. The molecule has 0 saturated heterocycles. The van der Waals surface area contributed by atoms with Crippen LogP contribution >= 0.6 is 34.8 Å². The molecule has 0 heterocycles. The van der Waals surface area contributed by atoms with Crippen molar-refractivity contribution in [1.82, 2.24) is 5.32 Å². The molecule has 0 aliphatic heterocycles. The van der Waals surface area contributed by atoms with Crippen molar-refractivity contribution in [3.05, 3.63) is 29.3 Å². The van der Waals surface area contributed by atoms with E-state index < -0.39 is 9.96 Å². The monoisotopic (exact) mass is 532 g/mol. The number of alkyl halides is 3. The molecule has 34 heavy (non-hydrogen) atoms. The van der Waals surface area contributed by atoms with Crippen LogP contribution in [-0.4, -0.2) is 15.9 Å². The fourth-order valence-electron chi connectivity index (χ4n) is 4.22. The van der Waals surface area contributed by atoms with Crippen LogP contribution in [0.1, 0.15) is 121 Å². The van der Waals surface area contributed by atoms with E-state index in [9.17, 15) is 4.79 Å². The number of hydrogen-bond donors (Lipinski definition) is 2. The second-order valence-corrected chi connectivity index (χ2v) is 12.1. The van der Waals surface area contributed by atoms with Gasteiger partial charge in [0.1, 0.15) is 6.17 Å². The van der Waals surface area contributed by atoms with Crippen LogP contribution < -0.4 is 10.6 Å². The van der Waals surface area contributed by atoms with E-state index in [1.165, 1.54) is 83.5 Å². The predicted molar refractivity (Wildman–Crippen MR) is 151 cm³/mol. The molecule has 0 radical (unpaired) electrons. The average Bonchev–Trinajstić information content (AvgIpc) is 2.77. The molecular formula is C28H47Cl3N2O. The summed E-state index contributed by atoms with van der Waals surface area (Å²) in [6.07, 6.45) is 19.2. The first-order valence-electron chi connectivity index (χ1n) is 13.4. The van der Waals surface area contributed by atoms with Gasteiger partial charge in [-0.2, -0.15) is 0 Å². The number of amides is 1. The number of rotatable bonds is 19. The molecular weight excluding hydrogens is 487 g/mol. The van der Waals surface area contributed by atoms with E-state index in [4.69, 9.17) is 34.8 Å². The van der Waals surface area contributed by atoms with Gasteiger partial charge in [0, 0.05) is 12.1 Å². The minimum Gasteiger partial charge on any atom is -0.362 e. The third-order valence-electron chi connectivity index (χ3n) is 6.32. The first-order chi connectivity index (χ1) is 16.2. The number of hydrogen-bond acceptors (Lipinski definition) is 2. The molecule has 6 heteroatoms. The van der Waals surface area contributed by atoms with Gasteiger partial charge in [0.25, 0.3) is 0 Å². The van der Waals surface area contributed by atoms with Crippen LogP contribution in [0.2, 0.25) is 0 Å². The Labute approximate surface area is 224 Å². The van der Waals surface area contributed by atoms with E-state index in [2.05, 4.69) is 23.6 Å². The van der Waals surface area contributed by atoms with Crippen molar-refractivity contribution < 1.29 is 4.79 Å². The molecule has 0 unspecified atom stereocenters. The van der Waals surface area contributed by atoms with E-state index in [1.54, 1.807) is 0 Å². The van der Waals surface area contributed by atoms with Gasteiger partial charge in [-0.15, -0.1) is 0 Å². The van der Waals surface area contributed by atoms with Crippen LogP contribution in [0, 0.1) is 13.8 Å². The fraction of sp³-hybridized carbons (Fsp3) is 0.750. The average molecular weight is 534 g/mol. The summed E-state index contributed by atoms with van der Waals surface area (Å²) in [5, 5.41) is 6.02. The summed E-state index contributed by atoms with van der Waals surface area (Å²) in [6.45, 7) is 6.29. The van der Waals surface area contributed by atoms with E-state index in [0.717, 1.165) is 29.7 Å². The van der Waals surface area contributed by atoms with Gasteiger partial charge in [-0.1, -0.05) is 149 Å². The Balaban J connectivity index is 2.11. The molecule has 196 valence electrons. The molecule has 1 amide bonds. The molecule has 0 aliphatic rings. The van der Waals surface area contributed by atoms with Crippen LogP contribution in [-0.2, 0) is 4.79 Å². The van der Waals surface area contributed by atoms with Crippen molar-refractivity contribution >= 4 is 46.4 Å². The molecule has 0 saturated carbocycles. The maximum Gasteiger partial charge on any atom is 0.228 e. The Bertz CT molecular complexity index is 676. The van der Waals surface area contributed by atoms with Gasteiger partial charge in [-0.3, -0.25) is 4.79 Å². The van der Waals surface area contributed by atoms with Crippen molar-refractivity contribution in [2.45, 2.75) is 133 Å². The largest absolute Gasteiger partial charge is 0.362 e. The second kappa shape index (κ2) is 18.6. The molecule has 1 aromatic rings. The lowest BCUT2D eigenvalue weighted by Gasteiger charge is -2.28. The van der Waals surface area contributed by atoms with Crippen molar-refractivity contribution in [1.29, 1.82) is 0 Å². The van der Waals surface area contributed by atoms with Gasteiger partial charge in [0.05, 0.1) is 0 Å². The molecule has 1 rings (SSSR count). The second-order valence-electron chi connectivity index (χ2n) is 9.70. The highest BCUT2D eigenvalue weighted by Gasteiger charge is 2.34. The summed E-state index contributed by atoms with van der Waals surface area (Å²) in [6, 6.07) is 5.98. The first-order valence-corrected chi connectivity index (χ1v) is 14.6. The van der Waals surface area contributed by atoms with E-state index in [-0.39, 0.29) is 5.91 Å². The Hall–Kier alpha value is -0.640. The summed E-state index contributed by atoms with van der Waals surface area (Å²) < 4.78 is -1.65. The fourth-order valence-corrected chi connectivity index (χ4v) is 4.55. The third kappa shape index (κ3) is 15.4. The number of carbonyl (C=O) groups is 1. The summed E-state index contributed by atoms with van der Waals surface area (Å²) in [5.41, 5.74) is 3.04. The van der Waals surface area contributed by atoms with Gasteiger partial charge < -0.3 is 10.6 Å². The third-order valence-corrected chi connectivity index (χ3v) is 6.98. The summed E-state index contributed by atoms with van der Waals surface area (Å²) >= 11 is 18.4. The van der Waals surface area contributed by atoms with Crippen LogP contribution in [0.15, 0.2) is 18.2 Å². The van der Waals surface area contributed by atoms with Crippen LogP contribution in [0.25, 0.3) is 0 Å². The van der Waals surface area contributed by atoms with Gasteiger partial charge in [0.2, 0.25) is 9.70 Å². The number of nitrogens with one attached hydrogen (secondary N) is 2. The molecule has 2 N–H and O–H groups in total. The number of anilines is 1. The zero-order valence-corrected chi connectivity index (χ0v) is 23.9. The molecule has 3 nitrogen and oxygen atoms in total. The standard InChI is InChI=1S/C28H47Cl3N2O/c1-4-5-6-7-8-9-10-11-12-13-14-15-16-17-18-19-26(34)33-27(28(29,30)31)32-25-21-20-23(2)22-24(25)3/h20-22,27,32H,4-19H2,1-3H3,(H,33,34)/t27-/m1/s1. The SMILES string of the molecule is CCCCCCCCCCCCCCCCCC(=O)N[C@@H](Nc1ccc(C)cc1C)C(Cl)(Cl)Cl. The number of unbranched alkanes of at least 4 members (excludes halogenated alkanes) is 14. The minimum absolute atomic E-state index is 0.0942. The summed E-state index contributed by atoms with van der Waals surface area (Å²) in [5.74, 6) is -0.0942. The quantitative estimate of drug-likeness (QED) is 0.105. The van der Waals surface area contributed by atoms with Crippen molar-refractivity contribution in [3.63, 3.8) is 0 Å². The maximum absolute atomic E-state index is 12.4. The van der Waals surface area contributed by atoms with Crippen LogP contribution in [0.4, 0.5) is 5.69 Å². The smallest absolute Gasteiger partial charge is 0.228 e. The molecule has 0 aliphatic carbocycles. The number of benzene rings is 1. The zero-order chi connectivity index (χ0) is 25.2. The molecule has 0 bridgehead atoms. The lowest BCUT2D eigenvalue weighted by Crippen LogP contribution is -2.49. The number of halogens is 3.